The van der Waals surface area contributed by atoms with Gasteiger partial charge in [0, 0.05) is 36.9 Å². The van der Waals surface area contributed by atoms with Crippen molar-refractivity contribution in [3.8, 4) is 0 Å². The molecule has 5 rings (SSSR count). The van der Waals surface area contributed by atoms with Crippen LogP contribution in [0.4, 0.5) is 29.2 Å². The lowest BCUT2D eigenvalue weighted by Gasteiger charge is -2.40. The molecule has 0 bridgehead atoms. The van der Waals surface area contributed by atoms with Gasteiger partial charge in [-0.15, -0.1) is 0 Å². The van der Waals surface area contributed by atoms with E-state index in [2.05, 4.69) is 25.3 Å². The zero-order valence-electron chi connectivity index (χ0n) is 21.2. The number of aromatic amines is 1. The molecule has 3 aromatic rings. The number of aromatic nitrogens is 4. The van der Waals surface area contributed by atoms with Crippen LogP contribution < -0.4 is 16.0 Å². The number of halogens is 4. The fourth-order valence-corrected chi connectivity index (χ4v) is 5.11. The van der Waals surface area contributed by atoms with Gasteiger partial charge >= 0.3 is 6.18 Å². The molecule has 1 saturated heterocycles. The predicted octanol–water partition coefficient (Wildman–Crippen LogP) is 3.46. The first kappa shape index (κ1) is 26.9. The molecule has 13 heteroatoms. The van der Waals surface area contributed by atoms with E-state index >= 15 is 4.39 Å². The number of likely N-dealkylation sites (tertiary alicyclic amines) is 1. The summed E-state index contributed by atoms with van der Waals surface area (Å²) in [5.41, 5.74) is 4.82. The predicted molar refractivity (Wildman–Crippen MR) is 136 cm³/mol. The Balaban J connectivity index is 1.33. The van der Waals surface area contributed by atoms with Gasteiger partial charge in [-0.2, -0.15) is 17.6 Å². The van der Waals surface area contributed by atoms with Crippen LogP contribution in [0.15, 0.2) is 43.0 Å². The van der Waals surface area contributed by atoms with Gasteiger partial charge in [0.15, 0.2) is 11.6 Å². The highest BCUT2D eigenvalue weighted by Crippen LogP contribution is 2.37. The quantitative estimate of drug-likeness (QED) is 0.334. The summed E-state index contributed by atoms with van der Waals surface area (Å²) in [5.74, 6) is -0.0742. The number of alkyl halides is 3. The maximum Gasteiger partial charge on any atom is 0.416 e. The van der Waals surface area contributed by atoms with Crippen molar-refractivity contribution in [2.24, 2.45) is 5.73 Å². The third kappa shape index (κ3) is 6.13. The number of piperidine rings is 1. The molecular weight excluding hydrogens is 516 g/mol. The number of nitrogens with zero attached hydrogens (tertiary/aromatic N) is 5. The maximum atomic E-state index is 15.8. The van der Waals surface area contributed by atoms with Crippen molar-refractivity contribution in [2.45, 2.75) is 49.9 Å². The van der Waals surface area contributed by atoms with Crippen LogP contribution in [0.2, 0.25) is 0 Å². The number of rotatable bonds is 10. The molecule has 1 aliphatic carbocycles. The average Bonchev–Trinajstić information content (AvgIpc) is 3.59. The molecule has 0 spiro atoms. The molecule has 1 aromatic carbocycles. The van der Waals surface area contributed by atoms with Crippen molar-refractivity contribution < 1.29 is 22.4 Å². The molecule has 1 amide bonds. The molecule has 1 saturated carbocycles. The Morgan fingerprint density at radius 1 is 1.15 bits per heavy atom. The molecule has 2 fully saturated rings. The van der Waals surface area contributed by atoms with E-state index in [4.69, 9.17) is 5.73 Å². The van der Waals surface area contributed by atoms with Crippen molar-refractivity contribution in [3.63, 3.8) is 0 Å². The second kappa shape index (κ2) is 10.8. The number of imidazole rings is 1. The zero-order valence-corrected chi connectivity index (χ0v) is 21.2. The Morgan fingerprint density at radius 3 is 2.46 bits per heavy atom. The lowest BCUT2D eigenvalue weighted by atomic mass is 9.77. The van der Waals surface area contributed by atoms with E-state index in [1.165, 1.54) is 18.5 Å². The van der Waals surface area contributed by atoms with Crippen LogP contribution in [0.5, 0.6) is 0 Å². The minimum atomic E-state index is -4.42. The number of anilines is 2. The molecule has 39 heavy (non-hydrogen) atoms. The van der Waals surface area contributed by atoms with Crippen LogP contribution >= 0.6 is 0 Å². The van der Waals surface area contributed by atoms with E-state index < -0.39 is 23.0 Å². The molecule has 2 aliphatic rings. The van der Waals surface area contributed by atoms with E-state index in [0.717, 1.165) is 30.8 Å². The Kier molecular flexibility index (Phi) is 7.43. The lowest BCUT2D eigenvalue weighted by Crippen LogP contribution is -2.49. The molecule has 3 heterocycles. The molecule has 0 atom stereocenters. The summed E-state index contributed by atoms with van der Waals surface area (Å²) < 4.78 is 54.7. The Bertz CT molecular complexity index is 1270. The smallest absolute Gasteiger partial charge is 0.369 e. The number of benzene rings is 1. The van der Waals surface area contributed by atoms with Gasteiger partial charge in [0.1, 0.15) is 12.2 Å². The second-order valence-corrected chi connectivity index (χ2v) is 10.2. The number of carbonyl (C=O) groups is 1. The van der Waals surface area contributed by atoms with Gasteiger partial charge in [0.2, 0.25) is 11.7 Å². The van der Waals surface area contributed by atoms with E-state index in [1.807, 2.05) is 4.90 Å². The molecule has 0 unspecified atom stereocenters. The number of nitrogens with one attached hydrogen (secondary N) is 2. The van der Waals surface area contributed by atoms with Crippen LogP contribution in [0.1, 0.15) is 42.6 Å². The van der Waals surface area contributed by atoms with Gasteiger partial charge in [-0.25, -0.2) is 15.0 Å². The monoisotopic (exact) mass is 546 g/mol. The van der Waals surface area contributed by atoms with Gasteiger partial charge in [0.25, 0.3) is 0 Å². The highest BCUT2D eigenvalue weighted by molar-refractivity contribution is 5.75. The van der Waals surface area contributed by atoms with Gasteiger partial charge in [0.05, 0.1) is 12.1 Å². The average molecular weight is 547 g/mol. The highest BCUT2D eigenvalue weighted by atomic mass is 19.4. The van der Waals surface area contributed by atoms with E-state index in [-0.39, 0.29) is 36.7 Å². The molecule has 1 aliphatic heterocycles. The Labute approximate surface area is 222 Å². The van der Waals surface area contributed by atoms with Gasteiger partial charge < -0.3 is 20.9 Å². The fourth-order valence-electron chi connectivity index (χ4n) is 5.11. The van der Waals surface area contributed by atoms with Gasteiger partial charge in [-0.05, 0) is 56.5 Å². The van der Waals surface area contributed by atoms with Crippen LogP contribution in [0.25, 0.3) is 0 Å². The van der Waals surface area contributed by atoms with Crippen molar-refractivity contribution in [3.05, 3.63) is 65.8 Å². The third-order valence-corrected chi connectivity index (χ3v) is 7.45. The first-order chi connectivity index (χ1) is 18.6. The summed E-state index contributed by atoms with van der Waals surface area (Å²) in [5, 5.41) is 3.16. The van der Waals surface area contributed by atoms with Crippen LogP contribution in [0, 0.1) is 5.82 Å². The van der Waals surface area contributed by atoms with Crippen molar-refractivity contribution in [2.75, 3.05) is 36.4 Å². The minimum absolute atomic E-state index is 0.0450. The number of hydrogen-bond acceptors (Lipinski definition) is 7. The number of amides is 1. The van der Waals surface area contributed by atoms with Crippen LogP contribution in [-0.4, -0.2) is 63.0 Å². The summed E-state index contributed by atoms with van der Waals surface area (Å²) in [6, 6.07) is 4.94. The van der Waals surface area contributed by atoms with Gasteiger partial charge in [-0.1, -0.05) is 12.1 Å². The van der Waals surface area contributed by atoms with E-state index in [9.17, 15) is 18.0 Å². The summed E-state index contributed by atoms with van der Waals surface area (Å²) in [4.78, 5) is 31.1. The highest BCUT2D eigenvalue weighted by Gasteiger charge is 2.39. The normalized spacial score (nSPS) is 17.6. The zero-order chi connectivity index (χ0) is 27.6. The molecule has 0 radical (unpaired) electrons. The number of hydrogen-bond donors (Lipinski definition) is 3. The van der Waals surface area contributed by atoms with Gasteiger partial charge in [-0.3, -0.25) is 9.69 Å². The van der Waals surface area contributed by atoms with E-state index in [0.29, 0.717) is 38.0 Å². The second-order valence-electron chi connectivity index (χ2n) is 10.2. The topological polar surface area (TPSA) is 116 Å². The number of primary amides is 1. The van der Waals surface area contributed by atoms with Crippen molar-refractivity contribution in [1.29, 1.82) is 0 Å². The molecular formula is C26H30F4N8O. The number of carbonyl (C=O) groups excluding carboxylic acids is 1. The third-order valence-electron chi connectivity index (χ3n) is 7.45. The maximum absolute atomic E-state index is 15.8. The number of H-pyrrole nitrogens is 1. The summed E-state index contributed by atoms with van der Waals surface area (Å²) in [7, 11) is 0. The molecule has 208 valence electrons. The molecule has 2 aromatic heterocycles. The van der Waals surface area contributed by atoms with E-state index in [1.54, 1.807) is 17.3 Å². The van der Waals surface area contributed by atoms with Crippen LogP contribution in [-0.2, 0) is 22.9 Å². The first-order valence-corrected chi connectivity index (χ1v) is 12.8. The van der Waals surface area contributed by atoms with Crippen molar-refractivity contribution >= 4 is 17.5 Å². The molecule has 9 nitrogen and oxygen atoms in total. The first-order valence-electron chi connectivity index (χ1n) is 12.8. The Hall–Kier alpha value is -3.74. The summed E-state index contributed by atoms with van der Waals surface area (Å²) in [6.45, 7) is 2.02. The largest absolute Gasteiger partial charge is 0.416 e. The number of nitrogens with two attached hydrogens (primary N) is 1. The summed E-state index contributed by atoms with van der Waals surface area (Å²) >= 11 is 0. The standard InChI is InChI=1S/C26H30F4N8O/c27-21-22(34-15-25(24-32-9-10-33-24)7-11-37(12-8-25)14-20(31)39)35-16-36-23(21)38(19-5-6-19)13-17-1-3-18(4-2-17)26(28,29)30/h1-4,9-10,16,19H,5-8,11-15H2,(H2,31,39)(H,32,33)(H,34,35,36). The summed E-state index contributed by atoms with van der Waals surface area (Å²) in [6.07, 6.45) is 3.31. The lowest BCUT2D eigenvalue weighted by molar-refractivity contribution is -0.137. The van der Waals surface area contributed by atoms with Crippen molar-refractivity contribution in [1.82, 2.24) is 24.8 Å². The minimum Gasteiger partial charge on any atom is -0.369 e. The Morgan fingerprint density at radius 2 is 1.87 bits per heavy atom. The SMILES string of the molecule is NC(=O)CN1CCC(CNc2ncnc(N(Cc3ccc(C(F)(F)F)cc3)C3CC3)c2F)(c2ncc[nH]2)CC1. The molecule has 4 N–H and O–H groups in total. The van der Waals surface area contributed by atoms with Crippen LogP contribution in [0.3, 0.4) is 0 Å². The fraction of sp³-hybridized carbons (Fsp3) is 0.462.